The molecule has 0 saturated heterocycles. The lowest BCUT2D eigenvalue weighted by molar-refractivity contribution is 0.0799. The molecule has 3 aromatic rings. The van der Waals surface area contributed by atoms with Crippen LogP contribution >= 0.6 is 12.2 Å². The van der Waals surface area contributed by atoms with Crippen LogP contribution in [0.2, 0.25) is 0 Å². The molecular weight excluding hydrogens is 414 g/mol. The summed E-state index contributed by atoms with van der Waals surface area (Å²) in [6, 6.07) is 13.3. The summed E-state index contributed by atoms with van der Waals surface area (Å²) in [4.78, 5) is 57.7. The molecule has 2 aromatic carbocycles. The van der Waals surface area contributed by atoms with Gasteiger partial charge in [0.1, 0.15) is 5.82 Å². The number of nitrogens with one attached hydrogen (secondary N) is 2. The number of Topliss-reactive ketones (excluding diaryl/α,β-unsaturated/α-hetero) is 3. The Hall–Kier alpha value is -3.91. The van der Waals surface area contributed by atoms with Gasteiger partial charge in [0.05, 0.1) is 16.8 Å². The molecule has 0 fully saturated rings. The standard InChI is InChI=1S/C23H13N3O4S/c1-26-21(30)15-20(25-22(26)31)24-16-10-6-2-3-7-11(10)17(27)14(16)23(15)18(28)12-8-4-5-9-13(12)19(23)29/h2-9,24H,1H3,(H,25,31). The Labute approximate surface area is 180 Å². The van der Waals surface area contributed by atoms with Crippen molar-refractivity contribution in [3.63, 3.8) is 0 Å². The molecule has 8 heteroatoms. The first-order chi connectivity index (χ1) is 14.9. The topological polar surface area (TPSA) is 101 Å². The highest BCUT2D eigenvalue weighted by atomic mass is 32.1. The second kappa shape index (κ2) is 5.61. The van der Waals surface area contributed by atoms with Gasteiger partial charge in [-0.1, -0.05) is 48.5 Å². The molecule has 1 aromatic heterocycles. The SMILES string of the molecule is Cn1c(=S)[nH]c2c(c1=O)C1(C(=O)c3ccccc3C1=O)C1=C(N2)c2ccccc2C1=O. The second-order valence-electron chi connectivity index (χ2n) is 7.75. The van der Waals surface area contributed by atoms with Crippen LogP contribution < -0.4 is 10.9 Å². The number of fused-ring (bicyclic) bond motifs is 6. The van der Waals surface area contributed by atoms with Crippen molar-refractivity contribution in [2.75, 3.05) is 5.32 Å². The summed E-state index contributed by atoms with van der Waals surface area (Å²) in [6.07, 6.45) is 0. The molecular formula is C23H13N3O4S. The van der Waals surface area contributed by atoms with Gasteiger partial charge >= 0.3 is 0 Å². The first-order valence-electron chi connectivity index (χ1n) is 9.57. The van der Waals surface area contributed by atoms with Crippen LogP contribution in [0.1, 0.15) is 42.2 Å². The van der Waals surface area contributed by atoms with Gasteiger partial charge in [0.25, 0.3) is 5.56 Å². The molecule has 1 spiro atoms. The zero-order valence-corrected chi connectivity index (χ0v) is 16.9. The highest BCUT2D eigenvalue weighted by molar-refractivity contribution is 7.71. The number of anilines is 1. The molecule has 0 atom stereocenters. The van der Waals surface area contributed by atoms with E-state index in [1.165, 1.54) is 11.6 Å². The fourth-order valence-corrected chi connectivity index (χ4v) is 5.11. The Morgan fingerprint density at radius 2 is 1.39 bits per heavy atom. The van der Waals surface area contributed by atoms with E-state index in [0.717, 1.165) is 0 Å². The molecule has 1 aliphatic heterocycles. The zero-order chi connectivity index (χ0) is 21.7. The summed E-state index contributed by atoms with van der Waals surface area (Å²) in [7, 11) is 1.46. The van der Waals surface area contributed by atoms with Gasteiger partial charge in [-0.05, 0) is 12.2 Å². The summed E-state index contributed by atoms with van der Waals surface area (Å²) in [5, 5.41) is 3.09. The third-order valence-corrected chi connectivity index (χ3v) is 6.70. The number of nitrogens with zero attached hydrogens (tertiary/aromatic N) is 1. The van der Waals surface area contributed by atoms with Gasteiger partial charge in [-0.3, -0.25) is 23.7 Å². The van der Waals surface area contributed by atoms with E-state index in [1.54, 1.807) is 48.5 Å². The minimum atomic E-state index is -2.07. The minimum Gasteiger partial charge on any atom is -0.340 e. The zero-order valence-electron chi connectivity index (χ0n) is 16.1. The molecule has 0 radical (unpaired) electrons. The number of allylic oxidation sites excluding steroid dienone is 1. The Morgan fingerprint density at radius 1 is 0.839 bits per heavy atom. The van der Waals surface area contributed by atoms with Crippen LogP contribution in [0.15, 0.2) is 58.9 Å². The van der Waals surface area contributed by atoms with Crippen LogP contribution in [0.25, 0.3) is 5.70 Å². The van der Waals surface area contributed by atoms with Gasteiger partial charge in [-0.15, -0.1) is 0 Å². The maximum atomic E-state index is 13.9. The number of hydrogen-bond acceptors (Lipinski definition) is 6. The molecule has 31 heavy (non-hydrogen) atoms. The van der Waals surface area contributed by atoms with Crippen molar-refractivity contribution in [1.29, 1.82) is 0 Å². The fraction of sp³-hybridized carbons (Fsp3) is 0.0870. The third-order valence-electron chi connectivity index (χ3n) is 6.32. The van der Waals surface area contributed by atoms with Crippen molar-refractivity contribution >= 4 is 41.1 Å². The van der Waals surface area contributed by atoms with E-state index < -0.39 is 28.3 Å². The highest BCUT2D eigenvalue weighted by Gasteiger charge is 2.64. The van der Waals surface area contributed by atoms with E-state index in [2.05, 4.69) is 10.3 Å². The number of aromatic nitrogens is 2. The van der Waals surface area contributed by atoms with E-state index in [1.807, 2.05) is 0 Å². The van der Waals surface area contributed by atoms with Crippen LogP contribution in [0.5, 0.6) is 0 Å². The lowest BCUT2D eigenvalue weighted by Crippen LogP contribution is -2.50. The number of ketones is 3. The summed E-state index contributed by atoms with van der Waals surface area (Å²) >= 11 is 5.25. The highest BCUT2D eigenvalue weighted by Crippen LogP contribution is 2.54. The first-order valence-corrected chi connectivity index (χ1v) is 9.98. The quantitative estimate of drug-likeness (QED) is 0.423. The van der Waals surface area contributed by atoms with Gasteiger partial charge in [-0.2, -0.15) is 0 Å². The van der Waals surface area contributed by atoms with Crippen molar-refractivity contribution < 1.29 is 14.4 Å². The maximum Gasteiger partial charge on any atom is 0.261 e. The molecule has 0 bridgehead atoms. The number of hydrogen-bond donors (Lipinski definition) is 2. The van der Waals surface area contributed by atoms with Crippen LogP contribution in [0, 0.1) is 4.77 Å². The van der Waals surface area contributed by atoms with Crippen LogP contribution in [-0.2, 0) is 12.5 Å². The van der Waals surface area contributed by atoms with Crippen molar-refractivity contribution in [2.45, 2.75) is 5.41 Å². The van der Waals surface area contributed by atoms with E-state index >= 15 is 0 Å². The molecule has 2 N–H and O–H groups in total. The lowest BCUT2D eigenvalue weighted by Gasteiger charge is -2.33. The first kappa shape index (κ1) is 17.9. The maximum absolute atomic E-state index is 13.9. The molecule has 150 valence electrons. The normalized spacial score (nSPS) is 17.4. The van der Waals surface area contributed by atoms with Crippen LogP contribution in [0.3, 0.4) is 0 Å². The number of rotatable bonds is 0. The van der Waals surface area contributed by atoms with Gasteiger partial charge in [-0.25, -0.2) is 0 Å². The number of benzene rings is 2. The molecule has 3 aliphatic rings. The van der Waals surface area contributed by atoms with Crippen molar-refractivity contribution in [2.24, 2.45) is 7.05 Å². The smallest absolute Gasteiger partial charge is 0.261 e. The monoisotopic (exact) mass is 427 g/mol. The van der Waals surface area contributed by atoms with E-state index in [4.69, 9.17) is 12.2 Å². The molecule has 7 nitrogen and oxygen atoms in total. The number of carbonyl (C=O) groups excluding carboxylic acids is 3. The average Bonchev–Trinajstić information content (AvgIpc) is 3.18. The number of H-pyrrole nitrogens is 1. The van der Waals surface area contributed by atoms with Crippen LogP contribution in [0.4, 0.5) is 5.82 Å². The minimum absolute atomic E-state index is 0.00461. The number of aromatic amines is 1. The Kier molecular flexibility index (Phi) is 3.24. The largest absolute Gasteiger partial charge is 0.340 e. The third kappa shape index (κ3) is 1.87. The lowest BCUT2D eigenvalue weighted by atomic mass is 9.67. The molecule has 0 amide bonds. The van der Waals surface area contributed by atoms with E-state index in [-0.39, 0.29) is 32.9 Å². The van der Waals surface area contributed by atoms with Gasteiger partial charge < -0.3 is 10.3 Å². The van der Waals surface area contributed by atoms with E-state index in [0.29, 0.717) is 16.8 Å². The van der Waals surface area contributed by atoms with Gasteiger partial charge in [0.2, 0.25) is 0 Å². The van der Waals surface area contributed by atoms with Crippen molar-refractivity contribution in [3.8, 4) is 0 Å². The van der Waals surface area contributed by atoms with Crippen LogP contribution in [-0.4, -0.2) is 26.9 Å². The Morgan fingerprint density at radius 3 is 2.00 bits per heavy atom. The van der Waals surface area contributed by atoms with E-state index in [9.17, 15) is 19.2 Å². The van der Waals surface area contributed by atoms with Gasteiger partial charge in [0, 0.05) is 29.3 Å². The summed E-state index contributed by atoms with van der Waals surface area (Å²) in [6.45, 7) is 0. The van der Waals surface area contributed by atoms with Crippen molar-refractivity contribution in [1.82, 2.24) is 9.55 Å². The van der Waals surface area contributed by atoms with Gasteiger partial charge in [0.15, 0.2) is 27.5 Å². The molecule has 6 rings (SSSR count). The Bertz CT molecular complexity index is 1540. The average molecular weight is 427 g/mol. The predicted octanol–water partition coefficient (Wildman–Crippen LogP) is 2.79. The molecule has 2 aliphatic carbocycles. The second-order valence-corrected chi connectivity index (χ2v) is 8.13. The molecule has 0 unspecified atom stereocenters. The predicted molar refractivity (Wildman–Crippen MR) is 115 cm³/mol. The Balaban J connectivity index is 1.82. The van der Waals surface area contributed by atoms with Crippen molar-refractivity contribution in [3.05, 3.63) is 97.0 Å². The molecule has 0 saturated carbocycles. The summed E-state index contributed by atoms with van der Waals surface area (Å²) in [5.74, 6) is -1.44. The summed E-state index contributed by atoms with van der Waals surface area (Å²) < 4.78 is 1.29. The fourth-order valence-electron chi connectivity index (χ4n) is 4.92. The molecule has 2 heterocycles. The number of carbonyl (C=O) groups is 3. The summed E-state index contributed by atoms with van der Waals surface area (Å²) in [5.41, 5.74) is -1.09.